The third-order valence-electron chi connectivity index (χ3n) is 1.86. The molecule has 0 N–H and O–H groups in total. The summed E-state index contributed by atoms with van der Waals surface area (Å²) in [5, 5.41) is 10.5. The molecule has 0 aliphatic carbocycles. The van der Waals surface area contributed by atoms with Crippen LogP contribution in [0.4, 0.5) is 5.69 Å². The van der Waals surface area contributed by atoms with E-state index in [2.05, 4.69) is 0 Å². The SMILES string of the molecule is CCCOc1ccc([N+](=O)[O-])cc1S(=O)(=O)Cl. The maximum atomic E-state index is 11.3. The second kappa shape index (κ2) is 5.33. The Morgan fingerprint density at radius 3 is 2.59 bits per heavy atom. The lowest BCUT2D eigenvalue weighted by Gasteiger charge is -2.08. The Hall–Kier alpha value is -1.34. The molecule has 0 radical (unpaired) electrons. The third-order valence-corrected chi connectivity index (χ3v) is 3.21. The lowest BCUT2D eigenvalue weighted by molar-refractivity contribution is -0.385. The topological polar surface area (TPSA) is 86.5 Å². The molecule has 0 bridgehead atoms. The number of hydrogen-bond acceptors (Lipinski definition) is 5. The second-order valence-corrected chi connectivity index (χ2v) is 5.71. The van der Waals surface area contributed by atoms with Gasteiger partial charge in [-0.25, -0.2) is 8.42 Å². The minimum Gasteiger partial charge on any atom is -0.492 e. The van der Waals surface area contributed by atoms with Crippen molar-refractivity contribution >= 4 is 25.4 Å². The van der Waals surface area contributed by atoms with E-state index in [1.807, 2.05) is 6.92 Å². The van der Waals surface area contributed by atoms with Crippen LogP contribution < -0.4 is 4.74 Å². The Kier molecular flexibility index (Phi) is 4.30. The number of ether oxygens (including phenoxy) is 1. The molecule has 0 aliphatic heterocycles. The van der Waals surface area contributed by atoms with E-state index in [4.69, 9.17) is 15.4 Å². The van der Waals surface area contributed by atoms with Crippen LogP contribution in [0.5, 0.6) is 5.75 Å². The highest BCUT2D eigenvalue weighted by Gasteiger charge is 2.21. The normalized spacial score (nSPS) is 11.2. The van der Waals surface area contributed by atoms with Gasteiger partial charge in [0.2, 0.25) is 0 Å². The van der Waals surface area contributed by atoms with Gasteiger partial charge in [0.1, 0.15) is 10.6 Å². The van der Waals surface area contributed by atoms with E-state index in [1.54, 1.807) is 0 Å². The van der Waals surface area contributed by atoms with Crippen LogP contribution in [-0.2, 0) is 9.05 Å². The highest BCUT2D eigenvalue weighted by molar-refractivity contribution is 8.13. The van der Waals surface area contributed by atoms with Crippen LogP contribution in [0.25, 0.3) is 0 Å². The first-order valence-corrected chi connectivity index (χ1v) is 7.03. The zero-order chi connectivity index (χ0) is 13.1. The summed E-state index contributed by atoms with van der Waals surface area (Å²) in [6.45, 7) is 2.15. The van der Waals surface area contributed by atoms with Gasteiger partial charge in [-0.3, -0.25) is 10.1 Å². The van der Waals surface area contributed by atoms with Gasteiger partial charge < -0.3 is 4.74 Å². The molecule has 0 atom stereocenters. The molecule has 1 rings (SSSR count). The van der Waals surface area contributed by atoms with Gasteiger partial charge in [0.25, 0.3) is 14.7 Å². The first-order valence-electron chi connectivity index (χ1n) is 4.72. The molecule has 0 aromatic heterocycles. The summed E-state index contributed by atoms with van der Waals surface area (Å²) in [6, 6.07) is 3.27. The van der Waals surface area contributed by atoms with Crippen molar-refractivity contribution in [2.24, 2.45) is 0 Å². The Balaban J connectivity index is 3.27. The second-order valence-electron chi connectivity index (χ2n) is 3.17. The van der Waals surface area contributed by atoms with E-state index >= 15 is 0 Å². The van der Waals surface area contributed by atoms with Gasteiger partial charge in [0, 0.05) is 22.8 Å². The Morgan fingerprint density at radius 2 is 2.12 bits per heavy atom. The lowest BCUT2D eigenvalue weighted by atomic mass is 10.3. The highest BCUT2D eigenvalue weighted by Crippen LogP contribution is 2.30. The summed E-state index contributed by atoms with van der Waals surface area (Å²) >= 11 is 0. The molecule has 1 aromatic rings. The fraction of sp³-hybridized carbons (Fsp3) is 0.333. The predicted molar refractivity (Wildman–Crippen MR) is 61.9 cm³/mol. The quantitative estimate of drug-likeness (QED) is 0.469. The van der Waals surface area contributed by atoms with E-state index in [-0.39, 0.29) is 16.3 Å². The number of rotatable bonds is 5. The average Bonchev–Trinajstić information content (AvgIpc) is 2.24. The summed E-state index contributed by atoms with van der Waals surface area (Å²) in [5.74, 6) is 0.0208. The fourth-order valence-electron chi connectivity index (χ4n) is 1.13. The van der Waals surface area contributed by atoms with Gasteiger partial charge in [-0.05, 0) is 12.5 Å². The van der Waals surface area contributed by atoms with E-state index < -0.39 is 14.0 Å². The molecule has 0 saturated heterocycles. The van der Waals surface area contributed by atoms with E-state index in [1.165, 1.54) is 6.07 Å². The standard InChI is InChI=1S/C9H10ClNO5S/c1-2-5-16-8-4-3-7(11(12)13)6-9(8)17(10,14)15/h3-4,6H,2,5H2,1H3. The molecule has 94 valence electrons. The summed E-state index contributed by atoms with van der Waals surface area (Å²) in [7, 11) is 1.11. The molecule has 0 saturated carbocycles. The van der Waals surface area contributed by atoms with E-state index in [0.29, 0.717) is 13.0 Å². The van der Waals surface area contributed by atoms with Crippen LogP contribution in [0.2, 0.25) is 0 Å². The minimum atomic E-state index is -4.08. The summed E-state index contributed by atoms with van der Waals surface area (Å²) in [4.78, 5) is 9.45. The van der Waals surface area contributed by atoms with Crippen molar-refractivity contribution in [3.05, 3.63) is 28.3 Å². The summed E-state index contributed by atoms with van der Waals surface area (Å²) < 4.78 is 27.7. The van der Waals surface area contributed by atoms with Gasteiger partial charge in [-0.15, -0.1) is 0 Å². The molecule has 1 aromatic carbocycles. The van der Waals surface area contributed by atoms with Crippen molar-refractivity contribution in [1.82, 2.24) is 0 Å². The highest BCUT2D eigenvalue weighted by atomic mass is 35.7. The molecule has 0 spiro atoms. The third kappa shape index (κ3) is 3.57. The van der Waals surface area contributed by atoms with Crippen LogP contribution in [0.15, 0.2) is 23.1 Å². The van der Waals surface area contributed by atoms with Gasteiger partial charge in [0.15, 0.2) is 0 Å². The predicted octanol–water partition coefficient (Wildman–Crippen LogP) is 2.31. The molecule has 6 nitrogen and oxygen atoms in total. The number of hydrogen-bond donors (Lipinski definition) is 0. The zero-order valence-corrected chi connectivity index (χ0v) is 10.5. The Morgan fingerprint density at radius 1 is 1.47 bits per heavy atom. The molecule has 0 fully saturated rings. The van der Waals surface area contributed by atoms with Crippen LogP contribution in [0, 0.1) is 10.1 Å². The zero-order valence-electron chi connectivity index (χ0n) is 8.92. The fourth-order valence-corrected chi connectivity index (χ4v) is 2.12. The minimum absolute atomic E-state index is 0.0208. The number of nitro groups is 1. The molecule has 0 unspecified atom stereocenters. The van der Waals surface area contributed by atoms with Crippen LogP contribution in [0.1, 0.15) is 13.3 Å². The first-order chi connectivity index (χ1) is 7.86. The average molecular weight is 280 g/mol. The maximum Gasteiger partial charge on any atom is 0.271 e. The Bertz CT molecular complexity index is 528. The van der Waals surface area contributed by atoms with E-state index in [9.17, 15) is 18.5 Å². The van der Waals surface area contributed by atoms with Gasteiger partial charge >= 0.3 is 0 Å². The molecule has 0 heterocycles. The molecule has 0 amide bonds. The van der Waals surface area contributed by atoms with Crippen LogP contribution in [-0.4, -0.2) is 19.9 Å². The lowest BCUT2D eigenvalue weighted by Crippen LogP contribution is -2.02. The smallest absolute Gasteiger partial charge is 0.271 e. The molecule has 17 heavy (non-hydrogen) atoms. The first kappa shape index (κ1) is 13.7. The van der Waals surface area contributed by atoms with Crippen molar-refractivity contribution < 1.29 is 18.1 Å². The van der Waals surface area contributed by atoms with Gasteiger partial charge in [-0.2, -0.15) is 0 Å². The molecule has 8 heteroatoms. The largest absolute Gasteiger partial charge is 0.492 e. The number of benzene rings is 1. The van der Waals surface area contributed by atoms with Crippen molar-refractivity contribution in [1.29, 1.82) is 0 Å². The summed E-state index contributed by atoms with van der Waals surface area (Å²) in [5.41, 5.74) is -0.354. The van der Waals surface area contributed by atoms with E-state index in [0.717, 1.165) is 12.1 Å². The molecular weight excluding hydrogens is 270 g/mol. The molecular formula is C9H10ClNO5S. The van der Waals surface area contributed by atoms with Gasteiger partial charge in [0.05, 0.1) is 11.5 Å². The maximum absolute atomic E-state index is 11.3. The number of nitrogens with zero attached hydrogens (tertiary/aromatic N) is 1. The van der Waals surface area contributed by atoms with Crippen molar-refractivity contribution in [3.8, 4) is 5.75 Å². The number of nitro benzene ring substituents is 1. The van der Waals surface area contributed by atoms with Crippen LogP contribution >= 0.6 is 10.7 Å². The Labute approximate surface area is 103 Å². The van der Waals surface area contributed by atoms with Crippen molar-refractivity contribution in [2.75, 3.05) is 6.61 Å². The number of non-ortho nitro benzene ring substituents is 1. The van der Waals surface area contributed by atoms with Crippen molar-refractivity contribution in [2.45, 2.75) is 18.2 Å². The summed E-state index contributed by atoms with van der Waals surface area (Å²) in [6.07, 6.45) is 0.679. The molecule has 0 aliphatic rings. The van der Waals surface area contributed by atoms with Crippen molar-refractivity contribution in [3.63, 3.8) is 0 Å². The van der Waals surface area contributed by atoms with Crippen LogP contribution in [0.3, 0.4) is 0 Å². The number of halogens is 1. The van der Waals surface area contributed by atoms with Gasteiger partial charge in [-0.1, -0.05) is 6.92 Å². The monoisotopic (exact) mass is 279 g/mol.